The molecule has 12 nitrogen and oxygen atoms in total. The molecule has 1 aliphatic carbocycles. The first-order valence-corrected chi connectivity index (χ1v) is 19.2. The standard InChI is InChI=1S/C35H30N2O10S3/c1-19-9-7-10-20(2)34(19)36-26-17-28-24(15-31(26)49(41,42)43)33(23-13-5-6-14-30(23)48(38,39)40)25-16-32(50(44,45)46)27(18-29(25)47-28)37-35-21(3)11-8-12-22(35)4/h5-18,36H,1-4H3,(H,38,39,40)(H,41,42,43)(H,44,45,46). The highest BCUT2D eigenvalue weighted by molar-refractivity contribution is 7.86. The second-order valence-corrected chi connectivity index (χ2v) is 16.0. The molecular weight excluding hydrogens is 705 g/mol. The minimum Gasteiger partial charge on any atom is -0.456 e. The lowest BCUT2D eigenvalue weighted by molar-refractivity contribution is 0.480. The van der Waals surface area contributed by atoms with Crippen LogP contribution in [0.2, 0.25) is 0 Å². The summed E-state index contributed by atoms with van der Waals surface area (Å²) in [5.41, 5.74) is 3.53. The fourth-order valence-electron chi connectivity index (χ4n) is 5.97. The number of benzene rings is 5. The molecule has 0 amide bonds. The quantitative estimate of drug-likeness (QED) is 0.0958. The first-order chi connectivity index (χ1) is 23.3. The maximum atomic E-state index is 12.9. The monoisotopic (exact) mass is 734 g/mol. The first kappa shape index (κ1) is 34.9. The van der Waals surface area contributed by atoms with E-state index in [1.165, 1.54) is 30.3 Å². The van der Waals surface area contributed by atoms with Gasteiger partial charge < -0.3 is 9.73 Å². The Labute approximate surface area is 288 Å². The Morgan fingerprint density at radius 2 is 1.16 bits per heavy atom. The molecule has 15 heteroatoms. The van der Waals surface area contributed by atoms with Gasteiger partial charge in [0.15, 0.2) is 0 Å². The summed E-state index contributed by atoms with van der Waals surface area (Å²) in [5.74, 6) is -0.0346. The third kappa shape index (κ3) is 6.54. The zero-order chi connectivity index (χ0) is 36.3. The Morgan fingerprint density at radius 3 is 1.74 bits per heavy atom. The van der Waals surface area contributed by atoms with Crippen molar-refractivity contribution in [1.29, 1.82) is 0 Å². The average Bonchev–Trinajstić information content (AvgIpc) is 3.01. The number of anilines is 2. The van der Waals surface area contributed by atoms with E-state index in [4.69, 9.17) is 4.42 Å². The van der Waals surface area contributed by atoms with Gasteiger partial charge in [-0.25, -0.2) is 4.99 Å². The zero-order valence-electron chi connectivity index (χ0n) is 27.0. The maximum Gasteiger partial charge on any atom is 0.296 e. The summed E-state index contributed by atoms with van der Waals surface area (Å²) in [6.45, 7) is 7.17. The molecule has 0 bridgehead atoms. The van der Waals surface area contributed by atoms with Gasteiger partial charge in [0.25, 0.3) is 30.4 Å². The van der Waals surface area contributed by atoms with Gasteiger partial charge in [0.2, 0.25) is 0 Å². The van der Waals surface area contributed by atoms with Crippen LogP contribution in [0.5, 0.6) is 0 Å². The van der Waals surface area contributed by atoms with Gasteiger partial charge in [-0.3, -0.25) is 13.7 Å². The largest absolute Gasteiger partial charge is 0.456 e. The van der Waals surface area contributed by atoms with Crippen molar-refractivity contribution in [3.63, 3.8) is 0 Å². The minimum atomic E-state index is -4.99. The van der Waals surface area contributed by atoms with Crippen LogP contribution < -0.4 is 10.7 Å². The molecule has 50 heavy (non-hydrogen) atoms. The van der Waals surface area contributed by atoms with E-state index in [9.17, 15) is 38.9 Å². The molecule has 6 rings (SSSR count). The van der Waals surface area contributed by atoms with Gasteiger partial charge in [0.1, 0.15) is 26.0 Å². The third-order valence-corrected chi connectivity index (χ3v) is 11.0. The van der Waals surface area contributed by atoms with Crippen molar-refractivity contribution < 1.29 is 43.3 Å². The van der Waals surface area contributed by atoms with Crippen molar-refractivity contribution in [2.75, 3.05) is 5.32 Å². The summed E-state index contributed by atoms with van der Waals surface area (Å²) in [7, 11) is -14.9. The zero-order valence-corrected chi connectivity index (χ0v) is 29.4. The fraction of sp³-hybridized carbons (Fsp3) is 0.114. The van der Waals surface area contributed by atoms with Gasteiger partial charge in [-0.05, 0) is 68.1 Å². The number of nitrogens with one attached hydrogen (secondary N) is 1. The highest BCUT2D eigenvalue weighted by Gasteiger charge is 2.29. The Bertz CT molecular complexity index is 2710. The highest BCUT2D eigenvalue weighted by atomic mass is 32.2. The number of hydrogen-bond acceptors (Lipinski definition) is 9. The van der Waals surface area contributed by atoms with Crippen LogP contribution in [-0.2, 0) is 30.4 Å². The summed E-state index contributed by atoms with van der Waals surface area (Å²) in [6.07, 6.45) is 0. The molecule has 0 saturated carbocycles. The van der Waals surface area contributed by atoms with E-state index in [-0.39, 0.29) is 44.5 Å². The fourth-order valence-corrected chi connectivity index (χ4v) is 7.96. The Hall–Kier alpha value is -4.90. The van der Waals surface area contributed by atoms with E-state index in [2.05, 4.69) is 10.3 Å². The van der Waals surface area contributed by atoms with Crippen LogP contribution in [-0.4, -0.2) is 38.9 Å². The molecule has 4 aromatic carbocycles. The van der Waals surface area contributed by atoms with Crippen molar-refractivity contribution in [3.05, 3.63) is 113 Å². The Balaban J connectivity index is 1.83. The molecule has 0 saturated heterocycles. The molecule has 4 N–H and O–H groups in total. The number of hydrogen-bond donors (Lipinski definition) is 4. The van der Waals surface area contributed by atoms with Crippen LogP contribution in [0.1, 0.15) is 22.3 Å². The number of fused-ring (bicyclic) bond motifs is 2. The molecule has 1 aliphatic heterocycles. The van der Waals surface area contributed by atoms with Crippen LogP contribution in [0.25, 0.3) is 33.4 Å². The highest BCUT2D eigenvalue weighted by Crippen LogP contribution is 2.45. The molecular formula is C35H30N2O10S3. The van der Waals surface area contributed by atoms with Crippen molar-refractivity contribution in [3.8, 4) is 22.5 Å². The molecule has 0 aromatic heterocycles. The topological polar surface area (TPSA) is 201 Å². The lowest BCUT2D eigenvalue weighted by atomic mass is 9.93. The second kappa shape index (κ2) is 12.5. The lowest BCUT2D eigenvalue weighted by Gasteiger charge is -2.20. The number of aryl methyl sites for hydroxylation is 4. The summed E-state index contributed by atoms with van der Waals surface area (Å²) >= 11 is 0. The normalized spacial score (nSPS) is 12.9. The van der Waals surface area contributed by atoms with Crippen molar-refractivity contribution in [2.45, 2.75) is 42.4 Å². The molecule has 0 fully saturated rings. The van der Waals surface area contributed by atoms with E-state index in [0.29, 0.717) is 22.5 Å². The van der Waals surface area contributed by atoms with Crippen LogP contribution in [0.15, 0.2) is 109 Å². The second-order valence-electron chi connectivity index (χ2n) is 11.8. The minimum absolute atomic E-state index is 0.0172. The molecule has 1 heterocycles. The summed E-state index contributed by atoms with van der Waals surface area (Å²) in [5, 5.41) is 2.80. The Morgan fingerprint density at radius 1 is 0.600 bits per heavy atom. The van der Waals surface area contributed by atoms with Crippen molar-refractivity contribution in [1.82, 2.24) is 0 Å². The van der Waals surface area contributed by atoms with Gasteiger partial charge in [0, 0.05) is 39.9 Å². The molecule has 258 valence electrons. The number of rotatable bonds is 7. The molecule has 0 unspecified atom stereocenters. The maximum absolute atomic E-state index is 12.9. The van der Waals surface area contributed by atoms with E-state index in [1.807, 2.05) is 6.07 Å². The summed E-state index contributed by atoms with van der Waals surface area (Å²) in [4.78, 5) is 2.73. The first-order valence-electron chi connectivity index (χ1n) is 14.9. The van der Waals surface area contributed by atoms with Gasteiger partial charge in [-0.2, -0.15) is 25.3 Å². The number of nitrogens with zero attached hydrogens (tertiary/aromatic N) is 1. The van der Waals surface area contributed by atoms with Gasteiger partial charge in [-0.1, -0.05) is 54.6 Å². The van der Waals surface area contributed by atoms with Crippen molar-refractivity contribution >= 4 is 58.4 Å². The molecule has 4 aromatic rings. The van der Waals surface area contributed by atoms with E-state index < -0.39 is 45.0 Å². The van der Waals surface area contributed by atoms with Crippen LogP contribution >= 0.6 is 0 Å². The lowest BCUT2D eigenvalue weighted by Crippen LogP contribution is -2.16. The van der Waals surface area contributed by atoms with Crippen LogP contribution in [0.3, 0.4) is 0 Å². The predicted molar refractivity (Wildman–Crippen MR) is 188 cm³/mol. The van der Waals surface area contributed by atoms with E-state index >= 15 is 0 Å². The van der Waals surface area contributed by atoms with E-state index in [1.54, 1.807) is 58.0 Å². The van der Waals surface area contributed by atoms with Crippen molar-refractivity contribution in [2.24, 2.45) is 4.99 Å². The smallest absolute Gasteiger partial charge is 0.296 e. The average molecular weight is 735 g/mol. The van der Waals surface area contributed by atoms with E-state index in [0.717, 1.165) is 29.3 Å². The summed E-state index contributed by atoms with van der Waals surface area (Å²) < 4.78 is 114. The van der Waals surface area contributed by atoms with Crippen LogP contribution in [0.4, 0.5) is 17.1 Å². The Kier molecular flexibility index (Phi) is 8.70. The summed E-state index contributed by atoms with van der Waals surface area (Å²) in [6, 6.07) is 20.7. The third-order valence-electron chi connectivity index (χ3n) is 8.30. The predicted octanol–water partition coefficient (Wildman–Crippen LogP) is 7.15. The molecule has 0 spiro atoms. The molecule has 0 radical (unpaired) electrons. The van der Waals surface area contributed by atoms with Gasteiger partial charge >= 0.3 is 0 Å². The molecule has 0 atom stereocenters. The van der Waals surface area contributed by atoms with Gasteiger partial charge in [0.05, 0.1) is 16.7 Å². The van der Waals surface area contributed by atoms with Gasteiger partial charge in [-0.15, -0.1) is 0 Å². The SMILES string of the molecule is Cc1cccc(C)c1N=c1cc2oc3cc(Nc4c(C)cccc4C)c(S(=O)(=O)O)cc3c(-c3ccccc3S(=O)(=O)O)c-2cc1S(=O)(=O)O. The van der Waals surface area contributed by atoms with Crippen LogP contribution in [0, 0.1) is 27.7 Å². The number of para-hydroxylation sites is 2. The molecule has 2 aliphatic rings.